The maximum absolute atomic E-state index is 13.1. The summed E-state index contributed by atoms with van der Waals surface area (Å²) in [5.41, 5.74) is 5.13. The lowest BCUT2D eigenvalue weighted by Gasteiger charge is -2.14. The molecule has 2 amide bonds. The molecule has 184 valence electrons. The zero-order valence-electron chi connectivity index (χ0n) is 21.1. The maximum atomic E-state index is 13.1. The molecule has 7 heteroatoms. The van der Waals surface area contributed by atoms with Crippen LogP contribution in [0.25, 0.3) is 5.69 Å². The maximum Gasteiger partial charge on any atom is 0.324 e. The summed E-state index contributed by atoms with van der Waals surface area (Å²) in [6.07, 6.45) is 11.2. The SMILES string of the molecule is C/C=C\C1=C(C)C(NC(=O)Nc2cc(C(C)(C)C)nn2-c2cccc(CCC(=O)O)c2)=CC=CC1. The van der Waals surface area contributed by atoms with Crippen LogP contribution in [0.3, 0.4) is 0 Å². The van der Waals surface area contributed by atoms with E-state index < -0.39 is 5.97 Å². The molecule has 0 spiro atoms. The monoisotopic (exact) mass is 474 g/mol. The van der Waals surface area contributed by atoms with Gasteiger partial charge >= 0.3 is 12.0 Å². The lowest BCUT2D eigenvalue weighted by atomic mass is 9.92. The van der Waals surface area contributed by atoms with Crippen molar-refractivity contribution in [3.8, 4) is 5.69 Å². The van der Waals surface area contributed by atoms with Crippen LogP contribution in [0.15, 0.2) is 77.6 Å². The summed E-state index contributed by atoms with van der Waals surface area (Å²) in [5, 5.41) is 19.7. The minimum absolute atomic E-state index is 0.0505. The number of carboxylic acids is 1. The second-order valence-electron chi connectivity index (χ2n) is 9.58. The van der Waals surface area contributed by atoms with Gasteiger partial charge in [0, 0.05) is 23.6 Å². The molecule has 1 aliphatic carbocycles. The standard InChI is InChI=1S/C28H34N4O3/c1-6-10-21-12-7-8-14-23(19(21)2)29-27(35)30-25-18-24(28(3,4)5)31-32(25)22-13-9-11-20(17-22)15-16-26(33)34/h6-11,13-14,17-18H,12,15-16H2,1-5H3,(H,33,34)(H2,29,30,35)/b10-6-. The summed E-state index contributed by atoms with van der Waals surface area (Å²) in [4.78, 5) is 24.0. The molecule has 0 atom stereocenters. The van der Waals surface area contributed by atoms with Crippen LogP contribution in [0.2, 0.25) is 0 Å². The molecule has 1 aliphatic rings. The molecule has 0 radical (unpaired) electrons. The summed E-state index contributed by atoms with van der Waals surface area (Å²) in [7, 11) is 0. The van der Waals surface area contributed by atoms with E-state index in [9.17, 15) is 9.59 Å². The number of allylic oxidation sites excluding steroid dienone is 7. The van der Waals surface area contributed by atoms with Crippen LogP contribution >= 0.6 is 0 Å². The van der Waals surface area contributed by atoms with Gasteiger partial charge in [0.25, 0.3) is 0 Å². The first-order chi connectivity index (χ1) is 16.6. The van der Waals surface area contributed by atoms with Crippen LogP contribution in [0.1, 0.15) is 58.7 Å². The van der Waals surface area contributed by atoms with E-state index in [4.69, 9.17) is 10.2 Å². The molecule has 7 nitrogen and oxygen atoms in total. The van der Waals surface area contributed by atoms with Gasteiger partial charge in [-0.25, -0.2) is 9.48 Å². The van der Waals surface area contributed by atoms with Gasteiger partial charge in [-0.1, -0.05) is 57.2 Å². The Kier molecular flexibility index (Phi) is 8.12. The van der Waals surface area contributed by atoms with Crippen molar-refractivity contribution in [3.05, 3.63) is 88.8 Å². The number of anilines is 1. The van der Waals surface area contributed by atoms with E-state index in [1.807, 2.05) is 62.4 Å². The Morgan fingerprint density at radius 1 is 1.20 bits per heavy atom. The average molecular weight is 475 g/mol. The van der Waals surface area contributed by atoms with Gasteiger partial charge in [0.05, 0.1) is 11.4 Å². The molecule has 0 aliphatic heterocycles. The first-order valence-corrected chi connectivity index (χ1v) is 11.8. The summed E-state index contributed by atoms with van der Waals surface area (Å²) >= 11 is 0. The number of carboxylic acid groups (broad SMARTS) is 1. The average Bonchev–Trinajstić information content (AvgIpc) is 3.15. The molecule has 2 aromatic rings. The molecule has 0 unspecified atom stereocenters. The lowest BCUT2D eigenvalue weighted by Crippen LogP contribution is -2.29. The lowest BCUT2D eigenvalue weighted by molar-refractivity contribution is -0.136. The molecule has 1 aromatic carbocycles. The van der Waals surface area contributed by atoms with Crippen molar-refractivity contribution in [3.63, 3.8) is 0 Å². The minimum atomic E-state index is -0.840. The van der Waals surface area contributed by atoms with Crippen LogP contribution in [-0.4, -0.2) is 26.9 Å². The van der Waals surface area contributed by atoms with Gasteiger partial charge < -0.3 is 10.4 Å². The molecular formula is C28H34N4O3. The largest absolute Gasteiger partial charge is 0.481 e. The van der Waals surface area contributed by atoms with Crippen molar-refractivity contribution in [2.24, 2.45) is 0 Å². The number of aryl methyl sites for hydroxylation is 1. The van der Waals surface area contributed by atoms with E-state index in [0.29, 0.717) is 12.2 Å². The topological polar surface area (TPSA) is 96.3 Å². The van der Waals surface area contributed by atoms with Gasteiger partial charge in [0.1, 0.15) is 5.82 Å². The van der Waals surface area contributed by atoms with Gasteiger partial charge in [0.2, 0.25) is 0 Å². The van der Waals surface area contributed by atoms with E-state index >= 15 is 0 Å². The molecule has 3 rings (SSSR count). The quantitative estimate of drug-likeness (QED) is 0.455. The highest BCUT2D eigenvalue weighted by atomic mass is 16.4. The minimum Gasteiger partial charge on any atom is -0.481 e. The van der Waals surface area contributed by atoms with Crippen molar-refractivity contribution in [2.45, 2.75) is 59.3 Å². The van der Waals surface area contributed by atoms with E-state index in [1.165, 1.54) is 0 Å². The molecule has 3 N–H and O–H groups in total. The number of aliphatic carboxylic acids is 1. The van der Waals surface area contributed by atoms with Crippen molar-refractivity contribution in [1.29, 1.82) is 0 Å². The van der Waals surface area contributed by atoms with E-state index in [-0.39, 0.29) is 17.9 Å². The number of hydrogen-bond donors (Lipinski definition) is 3. The summed E-state index contributed by atoms with van der Waals surface area (Å²) in [6.45, 7) is 10.2. The third-order valence-electron chi connectivity index (χ3n) is 5.74. The molecule has 0 saturated carbocycles. The Morgan fingerprint density at radius 3 is 2.66 bits per heavy atom. The predicted molar refractivity (Wildman–Crippen MR) is 140 cm³/mol. The summed E-state index contributed by atoms with van der Waals surface area (Å²) < 4.78 is 1.69. The number of aromatic nitrogens is 2. The zero-order chi connectivity index (χ0) is 25.6. The third kappa shape index (κ3) is 6.82. The molecule has 0 fully saturated rings. The first kappa shape index (κ1) is 25.7. The third-order valence-corrected chi connectivity index (χ3v) is 5.74. The Morgan fingerprint density at radius 2 is 1.97 bits per heavy atom. The van der Waals surface area contributed by atoms with Crippen molar-refractivity contribution in [2.75, 3.05) is 5.32 Å². The molecule has 1 heterocycles. The second-order valence-corrected chi connectivity index (χ2v) is 9.58. The van der Waals surface area contributed by atoms with Crippen LogP contribution in [-0.2, 0) is 16.6 Å². The molecule has 0 saturated heterocycles. The van der Waals surface area contributed by atoms with Gasteiger partial charge in [-0.05, 0) is 61.6 Å². The van der Waals surface area contributed by atoms with Crippen LogP contribution in [0, 0.1) is 0 Å². The molecule has 1 aromatic heterocycles. The van der Waals surface area contributed by atoms with Crippen LogP contribution in [0.4, 0.5) is 10.6 Å². The fourth-order valence-corrected chi connectivity index (χ4v) is 3.74. The van der Waals surface area contributed by atoms with Crippen molar-refractivity contribution in [1.82, 2.24) is 15.1 Å². The van der Waals surface area contributed by atoms with E-state index in [2.05, 4.69) is 43.6 Å². The molecule has 35 heavy (non-hydrogen) atoms. The van der Waals surface area contributed by atoms with Crippen LogP contribution < -0.4 is 10.6 Å². The number of carbonyl (C=O) groups is 2. The fraction of sp³-hybridized carbons (Fsp3) is 0.321. The van der Waals surface area contributed by atoms with Gasteiger partial charge in [-0.2, -0.15) is 5.10 Å². The second kappa shape index (κ2) is 11.0. The normalized spacial score (nSPS) is 14.1. The Bertz CT molecular complexity index is 1220. The highest BCUT2D eigenvalue weighted by molar-refractivity contribution is 5.90. The number of nitrogens with zero attached hydrogens (tertiary/aromatic N) is 2. The van der Waals surface area contributed by atoms with E-state index in [1.54, 1.807) is 4.68 Å². The predicted octanol–water partition coefficient (Wildman–Crippen LogP) is 6.04. The molecular weight excluding hydrogens is 440 g/mol. The smallest absolute Gasteiger partial charge is 0.324 e. The van der Waals surface area contributed by atoms with Crippen molar-refractivity contribution < 1.29 is 14.7 Å². The van der Waals surface area contributed by atoms with Crippen LogP contribution in [0.5, 0.6) is 0 Å². The Labute approximate surface area is 206 Å². The number of hydrogen-bond acceptors (Lipinski definition) is 3. The zero-order valence-corrected chi connectivity index (χ0v) is 21.1. The number of carbonyl (C=O) groups excluding carboxylic acids is 1. The van der Waals surface area contributed by atoms with E-state index in [0.717, 1.165) is 40.2 Å². The number of nitrogens with one attached hydrogen (secondary N) is 2. The van der Waals surface area contributed by atoms with Gasteiger partial charge in [-0.15, -0.1) is 0 Å². The number of rotatable bonds is 7. The van der Waals surface area contributed by atoms with Gasteiger partial charge in [-0.3, -0.25) is 10.1 Å². The highest BCUT2D eigenvalue weighted by Gasteiger charge is 2.22. The fourth-order valence-electron chi connectivity index (χ4n) is 3.74. The highest BCUT2D eigenvalue weighted by Crippen LogP contribution is 2.27. The van der Waals surface area contributed by atoms with Crippen molar-refractivity contribution >= 4 is 17.8 Å². The summed E-state index contributed by atoms with van der Waals surface area (Å²) in [6, 6.07) is 9.06. The number of amides is 2. The summed E-state index contributed by atoms with van der Waals surface area (Å²) in [5.74, 6) is -0.309. The molecule has 0 bridgehead atoms. The van der Waals surface area contributed by atoms with Gasteiger partial charge in [0.15, 0.2) is 0 Å². The number of benzene rings is 1. The Balaban J connectivity index is 1.90. The Hall–Kier alpha value is -3.87. The first-order valence-electron chi connectivity index (χ1n) is 11.8. The number of urea groups is 1.